The van der Waals surface area contributed by atoms with Crippen LogP contribution in [0.2, 0.25) is 0 Å². The Bertz CT molecular complexity index is 2050. The molecule has 1 saturated heterocycles. The molecule has 5 heterocycles. The Balaban J connectivity index is 1.12. The van der Waals surface area contributed by atoms with Crippen molar-refractivity contribution in [1.82, 2.24) is 19.1 Å². The molecule has 3 atom stereocenters. The molecule has 9 rings (SSSR count). The van der Waals surface area contributed by atoms with Gasteiger partial charge in [0.1, 0.15) is 5.69 Å². The second kappa shape index (κ2) is 8.97. The van der Waals surface area contributed by atoms with Crippen LogP contribution < -0.4 is 5.73 Å². The van der Waals surface area contributed by atoms with Gasteiger partial charge in [-0.05, 0) is 92.0 Å². The molecule has 5 aromatic rings. The SMILES string of the molecule is Cc1c(-c2cc3ccc(-c4ccc5c(c4)C=NC5=O)cc3n2CC2CC2)nn2cc(C(=O)N3CC4CCC3[C@@H]4N)ccc12. The molecule has 3 aromatic heterocycles. The van der Waals surface area contributed by atoms with E-state index in [0.717, 1.165) is 65.1 Å². The van der Waals surface area contributed by atoms with Gasteiger partial charge in [-0.1, -0.05) is 18.2 Å². The molecule has 43 heavy (non-hydrogen) atoms. The Morgan fingerprint density at radius 2 is 1.81 bits per heavy atom. The van der Waals surface area contributed by atoms with E-state index < -0.39 is 0 Å². The Morgan fingerprint density at radius 3 is 2.60 bits per heavy atom. The van der Waals surface area contributed by atoms with Gasteiger partial charge in [0.05, 0.1) is 22.3 Å². The molecule has 3 fully saturated rings. The number of rotatable bonds is 5. The van der Waals surface area contributed by atoms with E-state index in [1.807, 2.05) is 45.9 Å². The average molecular weight is 569 g/mol. The third-order valence-corrected chi connectivity index (χ3v) is 10.3. The number of piperidine rings is 1. The summed E-state index contributed by atoms with van der Waals surface area (Å²) in [6.45, 7) is 3.82. The zero-order valence-corrected chi connectivity index (χ0v) is 24.0. The molecule has 2 aliphatic carbocycles. The summed E-state index contributed by atoms with van der Waals surface area (Å²) in [6, 6.07) is 19.0. The summed E-state index contributed by atoms with van der Waals surface area (Å²) in [7, 11) is 0. The number of hydrogen-bond acceptors (Lipinski definition) is 4. The van der Waals surface area contributed by atoms with Gasteiger partial charge in [0.2, 0.25) is 0 Å². The number of hydrogen-bond donors (Lipinski definition) is 1. The number of fused-ring (bicyclic) bond motifs is 5. The highest BCUT2D eigenvalue weighted by molar-refractivity contribution is 6.13. The zero-order chi connectivity index (χ0) is 29.0. The van der Waals surface area contributed by atoms with Crippen LogP contribution in [-0.2, 0) is 6.54 Å². The molecular formula is C35H32N6O2. The second-order valence-electron chi connectivity index (χ2n) is 12.9. The molecule has 2 aliphatic heterocycles. The third-order valence-electron chi connectivity index (χ3n) is 10.3. The van der Waals surface area contributed by atoms with Crippen LogP contribution >= 0.6 is 0 Å². The summed E-state index contributed by atoms with van der Waals surface area (Å²) in [4.78, 5) is 31.4. The highest BCUT2D eigenvalue weighted by atomic mass is 16.2. The van der Waals surface area contributed by atoms with Gasteiger partial charge in [-0.15, -0.1) is 0 Å². The lowest BCUT2D eigenvalue weighted by atomic mass is 9.99. The maximum atomic E-state index is 13.5. The fourth-order valence-corrected chi connectivity index (χ4v) is 7.62. The molecule has 2 unspecified atom stereocenters. The topological polar surface area (TPSA) is 98.0 Å². The second-order valence-corrected chi connectivity index (χ2v) is 12.9. The predicted molar refractivity (Wildman–Crippen MR) is 166 cm³/mol. The molecule has 0 radical (unpaired) electrons. The quantitative estimate of drug-likeness (QED) is 0.304. The van der Waals surface area contributed by atoms with Gasteiger partial charge in [0.25, 0.3) is 11.8 Å². The van der Waals surface area contributed by atoms with Gasteiger partial charge < -0.3 is 15.2 Å². The number of nitrogens with zero attached hydrogens (tertiary/aromatic N) is 5. The van der Waals surface area contributed by atoms with Crippen LogP contribution in [0.3, 0.4) is 0 Å². The van der Waals surface area contributed by atoms with Crippen molar-refractivity contribution in [3.8, 4) is 22.5 Å². The maximum absolute atomic E-state index is 13.5. The first-order chi connectivity index (χ1) is 20.9. The number of likely N-dealkylation sites (tertiary alicyclic amines) is 1. The van der Waals surface area contributed by atoms with Crippen molar-refractivity contribution >= 4 is 34.4 Å². The maximum Gasteiger partial charge on any atom is 0.277 e. The number of carbonyl (C=O) groups is 2. The summed E-state index contributed by atoms with van der Waals surface area (Å²) in [5, 5.41) is 6.25. The van der Waals surface area contributed by atoms with Crippen molar-refractivity contribution in [3.05, 3.63) is 83.0 Å². The lowest BCUT2D eigenvalue weighted by Gasteiger charge is -2.27. The zero-order valence-electron chi connectivity index (χ0n) is 24.0. The summed E-state index contributed by atoms with van der Waals surface area (Å²) >= 11 is 0. The molecule has 2 N–H and O–H groups in total. The Hall–Kier alpha value is -4.56. The van der Waals surface area contributed by atoms with E-state index in [1.165, 1.54) is 23.7 Å². The van der Waals surface area contributed by atoms with Crippen LogP contribution in [-0.4, -0.2) is 55.7 Å². The number of benzene rings is 2. The highest BCUT2D eigenvalue weighted by Gasteiger charge is 2.46. The van der Waals surface area contributed by atoms with E-state index in [-0.39, 0.29) is 23.9 Å². The number of aliphatic imine (C=N–C) groups is 1. The fraction of sp³-hybridized carbons (Fsp3) is 0.314. The molecule has 8 heteroatoms. The third kappa shape index (κ3) is 3.79. The van der Waals surface area contributed by atoms with Gasteiger partial charge in [0, 0.05) is 59.6 Å². The van der Waals surface area contributed by atoms with E-state index in [1.54, 1.807) is 6.21 Å². The molecule has 4 aliphatic rings. The van der Waals surface area contributed by atoms with Crippen molar-refractivity contribution in [2.24, 2.45) is 22.6 Å². The van der Waals surface area contributed by atoms with Crippen molar-refractivity contribution in [2.75, 3.05) is 6.54 Å². The first-order valence-corrected chi connectivity index (χ1v) is 15.3. The Kier molecular flexibility index (Phi) is 5.21. The number of nitrogens with two attached hydrogens (primary N) is 1. The van der Waals surface area contributed by atoms with Crippen LogP contribution in [0, 0.1) is 18.8 Å². The standard InChI is InChI=1S/C35H32N6O2/c1-19-28-10-8-25(35(43)40-17-24-7-11-29(40)32(24)36)18-41(28)38-33(19)31-14-23-5-4-22(13-30(23)39(31)16-20-2-3-20)21-6-9-27-26(12-21)15-37-34(27)42/h4-6,8-10,12-15,18,20,24,29,32H,2-3,7,11,16-17,36H2,1H3/t24?,29?,32-/m1/s1. The van der Waals surface area contributed by atoms with E-state index in [2.05, 4.69) is 40.7 Å². The summed E-state index contributed by atoms with van der Waals surface area (Å²) in [5.41, 5.74) is 16.1. The molecule has 2 bridgehead atoms. The molecular weight excluding hydrogens is 536 g/mol. The summed E-state index contributed by atoms with van der Waals surface area (Å²) < 4.78 is 4.31. The fourth-order valence-electron chi connectivity index (χ4n) is 7.62. The van der Waals surface area contributed by atoms with Gasteiger partial charge in [-0.3, -0.25) is 9.59 Å². The van der Waals surface area contributed by atoms with Crippen molar-refractivity contribution in [2.45, 2.75) is 51.2 Å². The van der Waals surface area contributed by atoms with Crippen molar-refractivity contribution in [1.29, 1.82) is 0 Å². The Labute approximate surface area is 248 Å². The van der Waals surface area contributed by atoms with E-state index in [9.17, 15) is 9.59 Å². The van der Waals surface area contributed by atoms with Gasteiger partial charge >= 0.3 is 0 Å². The van der Waals surface area contributed by atoms with Gasteiger partial charge in [0.15, 0.2) is 0 Å². The van der Waals surface area contributed by atoms with Gasteiger partial charge in [-0.2, -0.15) is 5.10 Å². The first kappa shape index (κ1) is 25.0. The molecule has 0 spiro atoms. The largest absolute Gasteiger partial charge is 0.339 e. The van der Waals surface area contributed by atoms with E-state index in [0.29, 0.717) is 23.0 Å². The van der Waals surface area contributed by atoms with Crippen molar-refractivity contribution in [3.63, 3.8) is 0 Å². The lowest BCUT2D eigenvalue weighted by Crippen LogP contribution is -2.41. The van der Waals surface area contributed by atoms with Crippen LogP contribution in [0.25, 0.3) is 38.9 Å². The first-order valence-electron chi connectivity index (χ1n) is 15.3. The number of amides is 2. The molecule has 2 amide bonds. The predicted octanol–water partition coefficient (Wildman–Crippen LogP) is 5.48. The monoisotopic (exact) mass is 568 g/mol. The molecule has 214 valence electrons. The lowest BCUT2D eigenvalue weighted by molar-refractivity contribution is 0.0700. The molecule has 8 nitrogen and oxygen atoms in total. The number of pyridine rings is 1. The molecule has 2 aromatic carbocycles. The smallest absolute Gasteiger partial charge is 0.277 e. The van der Waals surface area contributed by atoms with E-state index >= 15 is 0 Å². The van der Waals surface area contributed by atoms with Gasteiger partial charge in [-0.25, -0.2) is 9.51 Å². The van der Waals surface area contributed by atoms with Crippen LogP contribution in [0.5, 0.6) is 0 Å². The van der Waals surface area contributed by atoms with E-state index in [4.69, 9.17) is 10.8 Å². The van der Waals surface area contributed by atoms with Crippen LogP contribution in [0.4, 0.5) is 0 Å². The Morgan fingerprint density at radius 1 is 0.977 bits per heavy atom. The van der Waals surface area contributed by atoms with Crippen LogP contribution in [0.15, 0.2) is 65.8 Å². The number of carbonyl (C=O) groups excluding carboxylic acids is 2. The number of aromatic nitrogens is 3. The summed E-state index contributed by atoms with van der Waals surface area (Å²) in [5.74, 6) is 0.971. The minimum atomic E-state index is -0.175. The minimum absolute atomic E-state index is 0.0526. The minimum Gasteiger partial charge on any atom is -0.339 e. The van der Waals surface area contributed by atoms with Crippen LogP contribution in [0.1, 0.15) is 57.5 Å². The molecule has 2 saturated carbocycles. The highest BCUT2D eigenvalue weighted by Crippen LogP contribution is 2.40. The average Bonchev–Trinajstić information content (AvgIpc) is 3.23. The summed E-state index contributed by atoms with van der Waals surface area (Å²) in [6.07, 6.45) is 8.15. The normalized spacial score (nSPS) is 22.4. The number of aryl methyl sites for hydroxylation is 1. The van der Waals surface area contributed by atoms with Crippen molar-refractivity contribution < 1.29 is 9.59 Å².